The van der Waals surface area contributed by atoms with E-state index in [1.54, 1.807) is 31.4 Å². The third-order valence-electron chi connectivity index (χ3n) is 6.83. The summed E-state index contributed by atoms with van der Waals surface area (Å²) in [4.78, 5) is 18.1. The lowest BCUT2D eigenvalue weighted by Crippen LogP contribution is -2.48. The number of carbonyl (C=O) groups is 1. The average molecular weight is 436 g/mol. The summed E-state index contributed by atoms with van der Waals surface area (Å²) >= 11 is 0. The molecule has 1 amide bonds. The van der Waals surface area contributed by atoms with Crippen LogP contribution in [0.3, 0.4) is 0 Å². The van der Waals surface area contributed by atoms with Gasteiger partial charge in [0.25, 0.3) is 0 Å². The monoisotopic (exact) mass is 435 g/mol. The van der Waals surface area contributed by atoms with Gasteiger partial charge in [0.05, 0.1) is 12.0 Å². The van der Waals surface area contributed by atoms with Crippen LogP contribution >= 0.6 is 0 Å². The Balaban J connectivity index is 1.34. The van der Waals surface area contributed by atoms with Gasteiger partial charge in [0, 0.05) is 38.1 Å². The van der Waals surface area contributed by atoms with Gasteiger partial charge in [0.1, 0.15) is 5.75 Å². The molecule has 0 aliphatic carbocycles. The molecule has 7 nitrogen and oxygen atoms in total. The van der Waals surface area contributed by atoms with Gasteiger partial charge in [-0.15, -0.1) is 0 Å². The van der Waals surface area contributed by atoms with Gasteiger partial charge in [-0.1, -0.05) is 0 Å². The number of rotatable bonds is 6. The minimum absolute atomic E-state index is 0.0634. The van der Waals surface area contributed by atoms with Crippen LogP contribution in [-0.4, -0.2) is 80.9 Å². The van der Waals surface area contributed by atoms with E-state index in [-0.39, 0.29) is 16.7 Å². The molecule has 0 aromatic heterocycles. The first-order chi connectivity index (χ1) is 14.5. The number of sulfonamides is 1. The van der Waals surface area contributed by atoms with Crippen LogP contribution in [0.4, 0.5) is 0 Å². The highest BCUT2D eigenvalue weighted by molar-refractivity contribution is 7.89. The zero-order chi connectivity index (χ0) is 21.1. The summed E-state index contributed by atoms with van der Waals surface area (Å²) in [6.45, 7) is 4.95. The SMILES string of the molecule is COc1ccc(S(=O)(=O)N2CCC(C(=O)N3CCCC3CN3CCCC3)CC2)cc1. The maximum Gasteiger partial charge on any atom is 0.243 e. The molecule has 3 fully saturated rings. The fraction of sp³-hybridized carbons (Fsp3) is 0.682. The molecule has 3 saturated heterocycles. The van der Waals surface area contributed by atoms with Gasteiger partial charge in [-0.2, -0.15) is 4.31 Å². The first-order valence-electron chi connectivity index (χ1n) is 11.2. The van der Waals surface area contributed by atoms with Gasteiger partial charge in [0.15, 0.2) is 0 Å². The van der Waals surface area contributed by atoms with Gasteiger partial charge >= 0.3 is 0 Å². The Bertz CT molecular complexity index is 828. The second-order valence-electron chi connectivity index (χ2n) is 8.69. The quantitative estimate of drug-likeness (QED) is 0.685. The van der Waals surface area contributed by atoms with E-state index in [9.17, 15) is 13.2 Å². The van der Waals surface area contributed by atoms with Gasteiger partial charge in [0.2, 0.25) is 15.9 Å². The molecular weight excluding hydrogens is 402 g/mol. The molecule has 3 aliphatic rings. The lowest BCUT2D eigenvalue weighted by Gasteiger charge is -2.35. The lowest BCUT2D eigenvalue weighted by atomic mass is 9.96. The lowest BCUT2D eigenvalue weighted by molar-refractivity contribution is -0.137. The summed E-state index contributed by atoms with van der Waals surface area (Å²) < 4.78 is 32.5. The molecule has 1 aromatic rings. The average Bonchev–Trinajstić information content (AvgIpc) is 3.46. The number of methoxy groups -OCH3 is 1. The van der Waals surface area contributed by atoms with E-state index >= 15 is 0 Å². The van der Waals surface area contributed by atoms with Crippen molar-refractivity contribution < 1.29 is 17.9 Å². The largest absolute Gasteiger partial charge is 0.497 e. The van der Waals surface area contributed by atoms with E-state index in [1.165, 1.54) is 17.1 Å². The summed E-state index contributed by atoms with van der Waals surface area (Å²) in [5.41, 5.74) is 0. The molecule has 0 N–H and O–H groups in total. The van der Waals surface area contributed by atoms with Gasteiger partial charge in [-0.05, 0) is 75.9 Å². The summed E-state index contributed by atoms with van der Waals surface area (Å²) in [6.07, 6.45) is 5.90. The smallest absolute Gasteiger partial charge is 0.243 e. The second kappa shape index (κ2) is 9.24. The van der Waals surface area contributed by atoms with E-state index in [1.807, 2.05) is 0 Å². The number of likely N-dealkylation sites (tertiary alicyclic amines) is 2. The van der Waals surface area contributed by atoms with Crippen molar-refractivity contribution in [2.75, 3.05) is 46.4 Å². The summed E-state index contributed by atoms with van der Waals surface area (Å²) in [5, 5.41) is 0. The van der Waals surface area contributed by atoms with Crippen molar-refractivity contribution in [1.29, 1.82) is 0 Å². The van der Waals surface area contributed by atoms with E-state index in [4.69, 9.17) is 4.74 Å². The zero-order valence-corrected chi connectivity index (χ0v) is 18.6. The number of nitrogens with zero attached hydrogens (tertiary/aromatic N) is 3. The molecule has 30 heavy (non-hydrogen) atoms. The third-order valence-corrected chi connectivity index (χ3v) is 8.74. The Morgan fingerprint density at radius 1 is 0.967 bits per heavy atom. The third kappa shape index (κ3) is 4.50. The van der Waals surface area contributed by atoms with E-state index in [0.717, 1.165) is 39.0 Å². The van der Waals surface area contributed by atoms with Crippen LogP contribution in [0.25, 0.3) is 0 Å². The van der Waals surface area contributed by atoms with Crippen LogP contribution in [0, 0.1) is 5.92 Å². The Hall–Kier alpha value is -1.64. The molecule has 1 unspecified atom stereocenters. The number of hydrogen-bond acceptors (Lipinski definition) is 5. The van der Waals surface area contributed by atoms with Crippen LogP contribution in [0.2, 0.25) is 0 Å². The highest BCUT2D eigenvalue weighted by Crippen LogP contribution is 2.29. The first-order valence-corrected chi connectivity index (χ1v) is 12.6. The molecule has 1 atom stereocenters. The van der Waals surface area contributed by atoms with Gasteiger partial charge in [-0.3, -0.25) is 4.79 Å². The molecule has 1 aromatic carbocycles. The molecule has 0 spiro atoms. The Morgan fingerprint density at radius 3 is 2.27 bits per heavy atom. The molecule has 8 heteroatoms. The zero-order valence-electron chi connectivity index (χ0n) is 17.8. The van der Waals surface area contributed by atoms with Gasteiger partial charge < -0.3 is 14.5 Å². The molecular formula is C22H33N3O4S. The Kier molecular flexibility index (Phi) is 6.65. The summed E-state index contributed by atoms with van der Waals surface area (Å²) in [5.74, 6) is 0.803. The maximum atomic E-state index is 13.2. The first kappa shape index (κ1) is 21.6. The van der Waals surface area contributed by atoms with E-state index < -0.39 is 10.0 Å². The van der Waals surface area contributed by atoms with E-state index in [2.05, 4.69) is 9.80 Å². The van der Waals surface area contributed by atoms with Crippen molar-refractivity contribution in [3.63, 3.8) is 0 Å². The van der Waals surface area contributed by atoms with Crippen molar-refractivity contribution in [1.82, 2.24) is 14.1 Å². The van der Waals surface area contributed by atoms with Crippen LogP contribution in [0.15, 0.2) is 29.2 Å². The molecule has 3 aliphatic heterocycles. The van der Waals surface area contributed by atoms with Gasteiger partial charge in [-0.25, -0.2) is 8.42 Å². The van der Waals surface area contributed by atoms with Crippen molar-refractivity contribution in [3.05, 3.63) is 24.3 Å². The second-order valence-corrected chi connectivity index (χ2v) is 10.6. The number of ether oxygens (including phenoxy) is 1. The normalized spacial score (nSPS) is 24.4. The number of hydrogen-bond donors (Lipinski definition) is 0. The summed E-state index contributed by atoms with van der Waals surface area (Å²) in [7, 11) is -1.98. The highest BCUT2D eigenvalue weighted by Gasteiger charge is 2.37. The molecule has 166 valence electrons. The summed E-state index contributed by atoms with van der Waals surface area (Å²) in [6, 6.07) is 6.82. The maximum absolute atomic E-state index is 13.2. The van der Waals surface area contributed by atoms with Crippen LogP contribution in [-0.2, 0) is 14.8 Å². The topological polar surface area (TPSA) is 70.2 Å². The predicted molar refractivity (Wildman–Crippen MR) is 115 cm³/mol. The minimum Gasteiger partial charge on any atom is -0.497 e. The van der Waals surface area contributed by atoms with Crippen molar-refractivity contribution in [3.8, 4) is 5.75 Å². The fourth-order valence-corrected chi connectivity index (χ4v) is 6.52. The fourth-order valence-electron chi connectivity index (χ4n) is 5.05. The highest BCUT2D eigenvalue weighted by atomic mass is 32.2. The van der Waals surface area contributed by atoms with Crippen molar-refractivity contribution in [2.24, 2.45) is 5.92 Å². The predicted octanol–water partition coefficient (Wildman–Crippen LogP) is 2.18. The van der Waals surface area contributed by atoms with Crippen molar-refractivity contribution >= 4 is 15.9 Å². The van der Waals surface area contributed by atoms with Crippen molar-refractivity contribution in [2.45, 2.75) is 49.5 Å². The standard InChI is InChI=1S/C22H33N3O4S/c1-29-20-6-8-21(9-7-20)30(27,28)24-15-10-18(11-16-24)22(26)25-14-4-5-19(25)17-23-12-2-3-13-23/h6-9,18-19H,2-5,10-17H2,1H3. The van der Waals surface area contributed by atoms with Crippen LogP contribution in [0.1, 0.15) is 38.5 Å². The molecule has 4 rings (SSSR count). The van der Waals surface area contributed by atoms with Crippen LogP contribution in [0.5, 0.6) is 5.75 Å². The van der Waals surface area contributed by atoms with E-state index in [0.29, 0.717) is 37.7 Å². The minimum atomic E-state index is -3.54. The molecule has 0 saturated carbocycles. The Morgan fingerprint density at radius 2 is 1.63 bits per heavy atom. The number of benzene rings is 1. The Labute approximate surface area is 180 Å². The number of piperidine rings is 1. The number of carbonyl (C=O) groups excluding carboxylic acids is 1. The molecule has 0 radical (unpaired) electrons. The molecule has 3 heterocycles. The number of amides is 1. The van der Waals surface area contributed by atoms with Crippen LogP contribution < -0.4 is 4.74 Å². The molecule has 0 bridgehead atoms.